The molecule has 3 aromatic heterocycles. The van der Waals surface area contributed by atoms with E-state index in [4.69, 9.17) is 4.42 Å². The zero-order chi connectivity index (χ0) is 21.8. The Hall–Kier alpha value is -4.14. The van der Waals surface area contributed by atoms with Crippen LogP contribution >= 0.6 is 0 Å². The molecule has 9 nitrogen and oxygen atoms in total. The number of fused-ring (bicyclic) bond motifs is 1. The Morgan fingerprint density at radius 2 is 1.68 bits per heavy atom. The molecule has 3 amide bonds. The number of aromatic nitrogens is 3. The van der Waals surface area contributed by atoms with Gasteiger partial charge < -0.3 is 20.4 Å². The Morgan fingerprint density at radius 3 is 2.35 bits per heavy atom. The van der Waals surface area contributed by atoms with Crippen LogP contribution in [0.2, 0.25) is 0 Å². The second kappa shape index (κ2) is 8.70. The highest BCUT2D eigenvalue weighted by Crippen LogP contribution is 2.21. The van der Waals surface area contributed by atoms with E-state index in [0.717, 1.165) is 5.65 Å². The van der Waals surface area contributed by atoms with E-state index in [0.29, 0.717) is 17.2 Å². The summed E-state index contributed by atoms with van der Waals surface area (Å²) in [4.78, 5) is 24.6. The van der Waals surface area contributed by atoms with Crippen molar-refractivity contribution in [3.63, 3.8) is 0 Å². The van der Waals surface area contributed by atoms with Gasteiger partial charge in [0.05, 0.1) is 12.3 Å². The maximum Gasteiger partial charge on any atom is 0.319 e. The SMILES string of the molecule is CC(C)C(NC(=O)Nc1ccc(NC(=O)c2ccco2)cc1)c1nnc2ccccn12. The zero-order valence-electron chi connectivity index (χ0n) is 17.1. The van der Waals surface area contributed by atoms with Gasteiger partial charge in [0.15, 0.2) is 17.2 Å². The van der Waals surface area contributed by atoms with Crippen molar-refractivity contribution in [2.45, 2.75) is 19.9 Å². The summed E-state index contributed by atoms with van der Waals surface area (Å²) in [6, 6.07) is 15.0. The molecule has 0 bridgehead atoms. The smallest absolute Gasteiger partial charge is 0.319 e. The predicted octanol–water partition coefficient (Wildman–Crippen LogP) is 4.09. The molecule has 0 aliphatic rings. The van der Waals surface area contributed by atoms with Crippen LogP contribution in [0, 0.1) is 5.92 Å². The molecular weight excluding hydrogens is 396 g/mol. The van der Waals surface area contributed by atoms with E-state index in [2.05, 4.69) is 26.1 Å². The Morgan fingerprint density at radius 1 is 0.935 bits per heavy atom. The first-order chi connectivity index (χ1) is 15.0. The molecule has 1 unspecified atom stereocenters. The van der Waals surface area contributed by atoms with Gasteiger partial charge in [0, 0.05) is 17.6 Å². The standard InChI is InChI=1S/C22H22N6O3/c1-14(2)19(20-27-26-18-7-3-4-12-28(18)20)25-22(30)24-16-10-8-15(9-11-16)23-21(29)17-6-5-13-31-17/h3-14,19H,1-2H3,(H,23,29)(H2,24,25,30). The van der Waals surface area contributed by atoms with Gasteiger partial charge in [0.25, 0.3) is 5.91 Å². The van der Waals surface area contributed by atoms with Gasteiger partial charge >= 0.3 is 6.03 Å². The van der Waals surface area contributed by atoms with Crippen LogP contribution in [0.4, 0.5) is 16.2 Å². The summed E-state index contributed by atoms with van der Waals surface area (Å²) >= 11 is 0. The van der Waals surface area contributed by atoms with E-state index in [1.54, 1.807) is 36.4 Å². The number of nitrogens with zero attached hydrogens (tertiary/aromatic N) is 3. The van der Waals surface area contributed by atoms with Crippen molar-refractivity contribution in [2.24, 2.45) is 5.92 Å². The quantitative estimate of drug-likeness (QED) is 0.436. The van der Waals surface area contributed by atoms with E-state index >= 15 is 0 Å². The van der Waals surface area contributed by atoms with Gasteiger partial charge in [-0.25, -0.2) is 4.79 Å². The second-order valence-corrected chi connectivity index (χ2v) is 7.32. The van der Waals surface area contributed by atoms with E-state index in [9.17, 15) is 9.59 Å². The zero-order valence-corrected chi connectivity index (χ0v) is 17.1. The number of rotatable bonds is 6. The van der Waals surface area contributed by atoms with Crippen molar-refractivity contribution in [3.8, 4) is 0 Å². The summed E-state index contributed by atoms with van der Waals surface area (Å²) in [6.07, 6.45) is 3.31. The van der Waals surface area contributed by atoms with Crippen molar-refractivity contribution in [2.75, 3.05) is 10.6 Å². The molecule has 9 heteroatoms. The number of amides is 3. The molecule has 0 saturated heterocycles. The van der Waals surface area contributed by atoms with Crippen LogP contribution in [0.1, 0.15) is 36.3 Å². The minimum atomic E-state index is -0.362. The normalized spacial score (nSPS) is 12.0. The number of nitrogens with one attached hydrogen (secondary N) is 3. The Labute approximate surface area is 178 Å². The molecule has 0 aliphatic heterocycles. The lowest BCUT2D eigenvalue weighted by atomic mass is 10.0. The van der Waals surface area contributed by atoms with Gasteiger partial charge in [-0.1, -0.05) is 19.9 Å². The molecule has 0 saturated carbocycles. The van der Waals surface area contributed by atoms with E-state index in [1.165, 1.54) is 6.26 Å². The lowest BCUT2D eigenvalue weighted by molar-refractivity contribution is 0.0996. The number of furan rings is 1. The van der Waals surface area contributed by atoms with E-state index in [1.807, 2.05) is 42.6 Å². The predicted molar refractivity (Wildman–Crippen MR) is 116 cm³/mol. The summed E-state index contributed by atoms with van der Waals surface area (Å²) in [5.41, 5.74) is 1.89. The second-order valence-electron chi connectivity index (χ2n) is 7.32. The molecule has 158 valence electrons. The van der Waals surface area contributed by atoms with Crippen LogP contribution in [0.25, 0.3) is 5.65 Å². The highest BCUT2D eigenvalue weighted by atomic mass is 16.3. The number of carbonyl (C=O) groups excluding carboxylic acids is 2. The van der Waals surface area contributed by atoms with Crippen molar-refractivity contribution in [1.82, 2.24) is 19.9 Å². The highest BCUT2D eigenvalue weighted by Gasteiger charge is 2.23. The molecule has 0 spiro atoms. The van der Waals surface area contributed by atoms with Crippen molar-refractivity contribution in [1.29, 1.82) is 0 Å². The number of anilines is 2. The molecule has 3 N–H and O–H groups in total. The minimum Gasteiger partial charge on any atom is -0.459 e. The Balaban J connectivity index is 1.40. The number of carbonyl (C=O) groups is 2. The van der Waals surface area contributed by atoms with Crippen LogP contribution in [-0.4, -0.2) is 26.5 Å². The fourth-order valence-corrected chi connectivity index (χ4v) is 3.15. The van der Waals surface area contributed by atoms with Gasteiger partial charge in [0.2, 0.25) is 0 Å². The van der Waals surface area contributed by atoms with Crippen molar-refractivity contribution < 1.29 is 14.0 Å². The number of pyridine rings is 1. The Kier molecular flexibility index (Phi) is 5.65. The lowest BCUT2D eigenvalue weighted by Crippen LogP contribution is -2.36. The van der Waals surface area contributed by atoms with Crippen molar-refractivity contribution >= 4 is 29.0 Å². The first-order valence-corrected chi connectivity index (χ1v) is 9.83. The molecular formula is C22H22N6O3. The van der Waals surface area contributed by atoms with Crippen LogP contribution in [-0.2, 0) is 0 Å². The van der Waals surface area contributed by atoms with Crippen LogP contribution in [0.15, 0.2) is 71.5 Å². The fraction of sp³-hybridized carbons (Fsp3) is 0.182. The largest absolute Gasteiger partial charge is 0.459 e. The average molecular weight is 418 g/mol. The maximum absolute atomic E-state index is 12.6. The molecule has 4 aromatic rings. The summed E-state index contributed by atoms with van der Waals surface area (Å²) in [6.45, 7) is 4.01. The highest BCUT2D eigenvalue weighted by molar-refractivity contribution is 6.02. The number of urea groups is 1. The number of hydrogen-bond acceptors (Lipinski definition) is 5. The molecule has 0 fully saturated rings. The van der Waals surface area contributed by atoms with E-state index in [-0.39, 0.29) is 29.7 Å². The third-order valence-corrected chi connectivity index (χ3v) is 4.72. The van der Waals surface area contributed by atoms with Gasteiger partial charge in [-0.15, -0.1) is 10.2 Å². The third-order valence-electron chi connectivity index (χ3n) is 4.72. The first-order valence-electron chi connectivity index (χ1n) is 9.83. The van der Waals surface area contributed by atoms with Gasteiger partial charge in [0.1, 0.15) is 0 Å². The number of benzene rings is 1. The van der Waals surface area contributed by atoms with Gasteiger partial charge in [-0.2, -0.15) is 0 Å². The van der Waals surface area contributed by atoms with Crippen LogP contribution < -0.4 is 16.0 Å². The molecule has 0 aliphatic carbocycles. The lowest BCUT2D eigenvalue weighted by Gasteiger charge is -2.21. The Bertz CT molecular complexity index is 1180. The molecule has 1 aromatic carbocycles. The van der Waals surface area contributed by atoms with E-state index < -0.39 is 0 Å². The topological polar surface area (TPSA) is 114 Å². The summed E-state index contributed by atoms with van der Waals surface area (Å²) < 4.78 is 6.93. The molecule has 31 heavy (non-hydrogen) atoms. The number of hydrogen-bond donors (Lipinski definition) is 3. The first kappa shape index (κ1) is 20.1. The minimum absolute atomic E-state index is 0.0949. The third kappa shape index (κ3) is 4.55. The summed E-state index contributed by atoms with van der Waals surface area (Å²) in [5, 5.41) is 16.9. The molecule has 1 atom stereocenters. The maximum atomic E-state index is 12.6. The summed E-state index contributed by atoms with van der Waals surface area (Å²) in [5.74, 6) is 0.639. The van der Waals surface area contributed by atoms with Gasteiger partial charge in [-0.05, 0) is 54.4 Å². The monoisotopic (exact) mass is 418 g/mol. The average Bonchev–Trinajstić information content (AvgIpc) is 3.44. The van der Waals surface area contributed by atoms with Gasteiger partial charge in [-0.3, -0.25) is 9.20 Å². The van der Waals surface area contributed by atoms with Crippen LogP contribution in [0.5, 0.6) is 0 Å². The van der Waals surface area contributed by atoms with Crippen molar-refractivity contribution in [3.05, 3.63) is 78.6 Å². The van der Waals surface area contributed by atoms with Crippen LogP contribution in [0.3, 0.4) is 0 Å². The molecule has 3 heterocycles. The fourth-order valence-electron chi connectivity index (χ4n) is 3.15. The molecule has 4 rings (SSSR count). The molecule has 0 radical (unpaired) electrons. The summed E-state index contributed by atoms with van der Waals surface area (Å²) in [7, 11) is 0.